The summed E-state index contributed by atoms with van der Waals surface area (Å²) < 4.78 is 46.5. The Labute approximate surface area is 215 Å². The second-order valence-electron chi connectivity index (χ2n) is 8.54. The number of carbonyl (C=O) groups is 2. The third kappa shape index (κ3) is 15.4. The van der Waals surface area contributed by atoms with Crippen molar-refractivity contribution >= 4 is 18.1 Å². The molecule has 1 heterocycles. The van der Waals surface area contributed by atoms with Crippen molar-refractivity contribution < 1.29 is 36.8 Å². The zero-order valence-electron chi connectivity index (χ0n) is 21.1. The van der Waals surface area contributed by atoms with Gasteiger partial charge in [0.2, 0.25) is 0 Å². The van der Waals surface area contributed by atoms with Crippen molar-refractivity contribution in [2.24, 2.45) is 5.10 Å². The molecule has 1 N–H and O–H groups in total. The minimum Gasteiger partial charge on any atom is -0.542 e. The molecule has 10 heteroatoms. The zero-order chi connectivity index (χ0) is 27.5. The van der Waals surface area contributed by atoms with Gasteiger partial charge in [0.1, 0.15) is 18.3 Å². The Morgan fingerprint density at radius 3 is 1.86 bits per heavy atom. The van der Waals surface area contributed by atoms with E-state index in [1.54, 1.807) is 24.3 Å². The highest BCUT2D eigenvalue weighted by atomic mass is 19.4. The molecule has 0 aliphatic carbocycles. The number of amides is 1. The quantitative estimate of drug-likeness (QED) is 0.123. The molecule has 0 bridgehead atoms. The highest BCUT2D eigenvalue weighted by Gasteiger charge is 2.28. The largest absolute Gasteiger partial charge is 0.542 e. The maximum atomic E-state index is 12.9. The number of pyridine rings is 1. The molecule has 0 atom stereocenters. The van der Waals surface area contributed by atoms with E-state index in [9.17, 15) is 22.4 Å². The Hall–Kier alpha value is -3.30. The summed E-state index contributed by atoms with van der Waals surface area (Å²) in [6.07, 6.45) is 13.4. The summed E-state index contributed by atoms with van der Waals surface area (Å²) in [5.41, 5.74) is 3.78. The standard InChI is InChI=1S/C25H34FN3O.C2HF3O2/c1-2-3-4-5-6-7-8-9-10-11-18-29-19-16-23(17-20-29)25(30)28-27-21-22-12-14-24(26)15-13-22;3-2(4,5)1(6)7/h12-17,19-21H,2-11,18H2,1H3;(H,6,7). The molecule has 0 aliphatic rings. The van der Waals surface area contributed by atoms with Gasteiger partial charge in [-0.05, 0) is 24.1 Å². The molecule has 0 unspecified atom stereocenters. The molecule has 0 aliphatic heterocycles. The first-order chi connectivity index (χ1) is 17.6. The van der Waals surface area contributed by atoms with E-state index in [2.05, 4.69) is 22.0 Å². The van der Waals surface area contributed by atoms with Crippen LogP contribution in [0.3, 0.4) is 0 Å². The van der Waals surface area contributed by atoms with E-state index >= 15 is 0 Å². The number of nitrogens with zero attached hydrogens (tertiary/aromatic N) is 2. The van der Waals surface area contributed by atoms with E-state index in [0.717, 1.165) is 18.5 Å². The highest BCUT2D eigenvalue weighted by molar-refractivity contribution is 5.94. The minimum absolute atomic E-state index is 0.264. The maximum Gasteiger partial charge on any atom is 0.430 e. The summed E-state index contributed by atoms with van der Waals surface area (Å²) in [5.74, 6) is -3.57. The van der Waals surface area contributed by atoms with Gasteiger partial charge in [0, 0.05) is 18.6 Å². The van der Waals surface area contributed by atoms with Crippen LogP contribution in [-0.4, -0.2) is 24.3 Å². The predicted octanol–water partition coefficient (Wildman–Crippen LogP) is 5.10. The number of aliphatic carboxylic acids is 1. The van der Waals surface area contributed by atoms with Gasteiger partial charge in [0.15, 0.2) is 12.4 Å². The molecule has 37 heavy (non-hydrogen) atoms. The van der Waals surface area contributed by atoms with E-state index in [0.29, 0.717) is 5.56 Å². The number of hydrazone groups is 1. The fourth-order valence-corrected chi connectivity index (χ4v) is 3.32. The molecular weight excluding hydrogens is 490 g/mol. The average molecular weight is 526 g/mol. The third-order valence-electron chi connectivity index (χ3n) is 5.40. The fraction of sp³-hybridized carbons (Fsp3) is 0.481. The number of unbranched alkanes of at least 4 members (excludes halogenated alkanes) is 9. The van der Waals surface area contributed by atoms with Crippen molar-refractivity contribution in [3.63, 3.8) is 0 Å². The first kappa shape index (κ1) is 31.7. The second-order valence-corrected chi connectivity index (χ2v) is 8.54. The number of rotatable bonds is 14. The average Bonchev–Trinajstić information content (AvgIpc) is 2.86. The lowest BCUT2D eigenvalue weighted by atomic mass is 10.1. The van der Waals surface area contributed by atoms with Gasteiger partial charge in [0.05, 0.1) is 11.8 Å². The molecule has 0 saturated carbocycles. The molecular formula is C27H35F4N3O3. The fourth-order valence-electron chi connectivity index (χ4n) is 3.32. The van der Waals surface area contributed by atoms with Crippen LogP contribution in [-0.2, 0) is 11.3 Å². The van der Waals surface area contributed by atoms with E-state index in [4.69, 9.17) is 9.90 Å². The van der Waals surface area contributed by atoms with Crippen LogP contribution < -0.4 is 15.1 Å². The van der Waals surface area contributed by atoms with Crippen LogP contribution in [0.2, 0.25) is 0 Å². The minimum atomic E-state index is -5.19. The Kier molecular flexibility index (Phi) is 15.5. The van der Waals surface area contributed by atoms with Gasteiger partial charge >= 0.3 is 6.18 Å². The van der Waals surface area contributed by atoms with Crippen LogP contribution in [0.25, 0.3) is 0 Å². The van der Waals surface area contributed by atoms with Crippen LogP contribution in [0, 0.1) is 5.82 Å². The first-order valence-electron chi connectivity index (χ1n) is 12.5. The normalized spacial score (nSPS) is 11.2. The molecule has 0 saturated heterocycles. The van der Waals surface area contributed by atoms with Gasteiger partial charge in [0.25, 0.3) is 5.91 Å². The molecule has 1 aromatic carbocycles. The number of hydrogen-bond donors (Lipinski definition) is 1. The smallest absolute Gasteiger partial charge is 0.430 e. The topological polar surface area (TPSA) is 85.5 Å². The summed E-state index contributed by atoms with van der Waals surface area (Å²) in [6.45, 7) is 3.23. The number of carboxylic acid groups (broad SMARTS) is 1. The molecule has 2 aromatic rings. The zero-order valence-corrected chi connectivity index (χ0v) is 21.1. The summed E-state index contributed by atoms with van der Waals surface area (Å²) in [5, 5.41) is 12.7. The van der Waals surface area contributed by atoms with Crippen molar-refractivity contribution in [2.45, 2.75) is 83.9 Å². The number of carboxylic acids is 1. The Morgan fingerprint density at radius 2 is 1.38 bits per heavy atom. The van der Waals surface area contributed by atoms with Gasteiger partial charge < -0.3 is 9.90 Å². The van der Waals surface area contributed by atoms with Gasteiger partial charge in [-0.2, -0.15) is 18.3 Å². The predicted molar refractivity (Wildman–Crippen MR) is 131 cm³/mol. The van der Waals surface area contributed by atoms with Crippen molar-refractivity contribution in [3.05, 3.63) is 65.7 Å². The lowest BCUT2D eigenvalue weighted by molar-refractivity contribution is -0.697. The maximum absolute atomic E-state index is 12.9. The third-order valence-corrected chi connectivity index (χ3v) is 5.40. The van der Waals surface area contributed by atoms with Crippen molar-refractivity contribution in [2.75, 3.05) is 0 Å². The van der Waals surface area contributed by atoms with Gasteiger partial charge in [-0.25, -0.2) is 14.4 Å². The number of halogens is 4. The van der Waals surface area contributed by atoms with Gasteiger partial charge in [-0.3, -0.25) is 4.79 Å². The van der Waals surface area contributed by atoms with Gasteiger partial charge in [-0.15, -0.1) is 0 Å². The van der Waals surface area contributed by atoms with Crippen LogP contribution in [0.5, 0.6) is 0 Å². The van der Waals surface area contributed by atoms with Crippen LogP contribution >= 0.6 is 0 Å². The summed E-state index contributed by atoms with van der Waals surface area (Å²) >= 11 is 0. The Bertz CT molecular complexity index is 947. The molecule has 204 valence electrons. The molecule has 0 fully saturated rings. The number of aryl methyl sites for hydroxylation is 1. The molecule has 6 nitrogen and oxygen atoms in total. The number of aromatic nitrogens is 1. The number of carbonyl (C=O) groups excluding carboxylic acids is 2. The number of hydrogen-bond acceptors (Lipinski definition) is 4. The SMILES string of the molecule is CCCCCCCCCCCC[n+]1ccc(C(=O)NN=Cc2ccc(F)cc2)cc1.O=C([O-])C(F)(F)F. The lowest BCUT2D eigenvalue weighted by Gasteiger charge is -2.03. The lowest BCUT2D eigenvalue weighted by Crippen LogP contribution is -2.37. The second kappa shape index (κ2) is 18.0. The van der Waals surface area contributed by atoms with E-state index in [1.807, 2.05) is 12.4 Å². The monoisotopic (exact) mass is 525 g/mol. The van der Waals surface area contributed by atoms with E-state index < -0.39 is 12.1 Å². The van der Waals surface area contributed by atoms with E-state index in [1.165, 1.54) is 76.1 Å². The number of benzene rings is 1. The Morgan fingerprint density at radius 1 is 0.892 bits per heavy atom. The van der Waals surface area contributed by atoms with Crippen molar-refractivity contribution in [1.29, 1.82) is 0 Å². The van der Waals surface area contributed by atoms with Crippen molar-refractivity contribution in [3.8, 4) is 0 Å². The molecule has 0 radical (unpaired) electrons. The summed E-state index contributed by atoms with van der Waals surface area (Å²) in [4.78, 5) is 20.9. The Balaban J connectivity index is 0.000000856. The first-order valence-corrected chi connectivity index (χ1v) is 12.5. The molecule has 0 spiro atoms. The van der Waals surface area contributed by atoms with Crippen LogP contribution in [0.1, 0.15) is 87.1 Å². The number of alkyl halides is 3. The molecule has 1 aromatic heterocycles. The summed E-state index contributed by atoms with van der Waals surface area (Å²) in [7, 11) is 0. The highest BCUT2D eigenvalue weighted by Crippen LogP contribution is 2.12. The van der Waals surface area contributed by atoms with Crippen LogP contribution in [0.4, 0.5) is 17.6 Å². The number of nitrogens with one attached hydrogen (secondary N) is 1. The van der Waals surface area contributed by atoms with E-state index in [-0.39, 0.29) is 11.7 Å². The summed E-state index contributed by atoms with van der Waals surface area (Å²) in [6, 6.07) is 9.52. The van der Waals surface area contributed by atoms with Gasteiger partial charge in [-0.1, -0.05) is 70.4 Å². The molecule has 1 amide bonds. The van der Waals surface area contributed by atoms with Crippen LogP contribution in [0.15, 0.2) is 53.9 Å². The molecule has 2 rings (SSSR count). The van der Waals surface area contributed by atoms with Crippen molar-refractivity contribution in [1.82, 2.24) is 5.43 Å².